The van der Waals surface area contributed by atoms with Crippen LogP contribution in [0.1, 0.15) is 5.56 Å². The van der Waals surface area contributed by atoms with E-state index in [0.717, 1.165) is 11.1 Å². The second-order valence-electron chi connectivity index (χ2n) is 6.33. The molecule has 140 valence electrons. The predicted octanol–water partition coefficient (Wildman–Crippen LogP) is 5.35. The van der Waals surface area contributed by atoms with Gasteiger partial charge in [-0.1, -0.05) is 17.7 Å². The molecule has 0 aliphatic carbocycles. The van der Waals surface area contributed by atoms with E-state index >= 15 is 0 Å². The van der Waals surface area contributed by atoms with Gasteiger partial charge >= 0.3 is 0 Å². The van der Waals surface area contributed by atoms with Crippen molar-refractivity contribution in [3.8, 4) is 22.6 Å². The van der Waals surface area contributed by atoms with Gasteiger partial charge in [0.25, 0.3) is 0 Å². The largest absolute Gasteiger partial charge is 0.457 e. The number of halogens is 2. The molecule has 0 radical (unpaired) electrons. The number of aromatic nitrogens is 2. The second kappa shape index (κ2) is 6.98. The fraction of sp³-hybridized carbons (Fsp3) is 0.0476. The molecule has 28 heavy (non-hydrogen) atoms. The van der Waals surface area contributed by atoms with Crippen LogP contribution in [-0.4, -0.2) is 9.97 Å². The summed E-state index contributed by atoms with van der Waals surface area (Å²) in [7, 11) is 0. The summed E-state index contributed by atoms with van der Waals surface area (Å²) in [5.74, 6) is 0.919. The molecule has 0 amide bonds. The van der Waals surface area contributed by atoms with Crippen LogP contribution in [0.2, 0.25) is 5.02 Å². The van der Waals surface area contributed by atoms with Gasteiger partial charge in [0, 0.05) is 16.5 Å². The molecule has 7 heteroatoms. The summed E-state index contributed by atoms with van der Waals surface area (Å²) < 4.78 is 20.1. The van der Waals surface area contributed by atoms with Crippen molar-refractivity contribution in [3.63, 3.8) is 0 Å². The van der Waals surface area contributed by atoms with Crippen LogP contribution in [-0.2, 0) is 0 Å². The Morgan fingerprint density at radius 1 is 0.929 bits per heavy atom. The van der Waals surface area contributed by atoms with Gasteiger partial charge in [0.15, 0.2) is 0 Å². The maximum absolute atomic E-state index is 14.3. The Bertz CT molecular complexity index is 1200. The lowest BCUT2D eigenvalue weighted by Gasteiger charge is -2.13. The van der Waals surface area contributed by atoms with E-state index in [1.54, 1.807) is 36.4 Å². The van der Waals surface area contributed by atoms with E-state index in [4.69, 9.17) is 27.8 Å². The van der Waals surface area contributed by atoms with Gasteiger partial charge in [-0.25, -0.2) is 9.37 Å². The molecule has 4 rings (SSSR count). The maximum Gasteiger partial charge on any atom is 0.222 e. The third-order valence-electron chi connectivity index (χ3n) is 4.40. The minimum Gasteiger partial charge on any atom is -0.457 e. The normalized spacial score (nSPS) is 11.0. The van der Waals surface area contributed by atoms with Crippen LogP contribution in [0.25, 0.3) is 22.0 Å². The SMILES string of the molecule is Cc1c(-c2cc(F)cc(Oc3ccc(Cl)cc3)c2)ccc2nc(N)nc(N)c12. The van der Waals surface area contributed by atoms with E-state index in [0.29, 0.717) is 33.0 Å². The molecule has 0 saturated carbocycles. The highest BCUT2D eigenvalue weighted by Gasteiger charge is 2.13. The lowest BCUT2D eigenvalue weighted by molar-refractivity contribution is 0.477. The van der Waals surface area contributed by atoms with E-state index < -0.39 is 5.82 Å². The van der Waals surface area contributed by atoms with E-state index in [-0.39, 0.29) is 11.8 Å². The highest BCUT2D eigenvalue weighted by molar-refractivity contribution is 6.30. The quantitative estimate of drug-likeness (QED) is 0.488. The average molecular weight is 395 g/mol. The third kappa shape index (κ3) is 3.42. The van der Waals surface area contributed by atoms with Crippen LogP contribution in [0.4, 0.5) is 16.2 Å². The zero-order chi connectivity index (χ0) is 19.8. The molecule has 4 N–H and O–H groups in total. The lowest BCUT2D eigenvalue weighted by Crippen LogP contribution is -2.02. The topological polar surface area (TPSA) is 87.0 Å². The second-order valence-corrected chi connectivity index (χ2v) is 6.77. The first-order chi connectivity index (χ1) is 13.4. The molecule has 0 aliphatic rings. The van der Waals surface area contributed by atoms with E-state index in [9.17, 15) is 4.39 Å². The molecular weight excluding hydrogens is 379 g/mol. The van der Waals surface area contributed by atoms with Crippen molar-refractivity contribution in [2.45, 2.75) is 6.92 Å². The Kier molecular flexibility index (Phi) is 4.49. The third-order valence-corrected chi connectivity index (χ3v) is 4.65. The molecular formula is C21H16ClFN4O. The summed E-state index contributed by atoms with van der Waals surface area (Å²) >= 11 is 5.89. The van der Waals surface area contributed by atoms with Gasteiger partial charge in [-0.2, -0.15) is 4.98 Å². The summed E-state index contributed by atoms with van der Waals surface area (Å²) in [6.45, 7) is 1.89. The van der Waals surface area contributed by atoms with Crippen LogP contribution in [0.3, 0.4) is 0 Å². The van der Waals surface area contributed by atoms with E-state index in [2.05, 4.69) is 9.97 Å². The number of rotatable bonds is 3. The lowest BCUT2D eigenvalue weighted by atomic mass is 9.97. The van der Waals surface area contributed by atoms with Gasteiger partial charge in [0.05, 0.1) is 5.52 Å². The maximum atomic E-state index is 14.3. The number of nitrogens with two attached hydrogens (primary N) is 2. The fourth-order valence-electron chi connectivity index (χ4n) is 3.17. The number of fused-ring (bicyclic) bond motifs is 1. The van der Waals surface area contributed by atoms with Crippen LogP contribution in [0, 0.1) is 12.7 Å². The number of nitrogen functional groups attached to an aromatic ring is 2. The zero-order valence-corrected chi connectivity index (χ0v) is 15.7. The van der Waals surface area contributed by atoms with Crippen LogP contribution >= 0.6 is 11.6 Å². The molecule has 0 atom stereocenters. The van der Waals surface area contributed by atoms with Crippen molar-refractivity contribution in [1.82, 2.24) is 9.97 Å². The van der Waals surface area contributed by atoms with Gasteiger partial charge < -0.3 is 16.2 Å². The Morgan fingerprint density at radius 3 is 2.43 bits per heavy atom. The molecule has 0 unspecified atom stereocenters. The highest BCUT2D eigenvalue weighted by atomic mass is 35.5. The molecule has 1 aromatic heterocycles. The molecule has 0 bridgehead atoms. The number of aryl methyl sites for hydroxylation is 1. The Hall–Kier alpha value is -3.38. The molecule has 0 fully saturated rings. The number of anilines is 2. The van der Waals surface area contributed by atoms with Crippen molar-refractivity contribution < 1.29 is 9.13 Å². The standard InChI is InChI=1S/C21H16ClFN4O/c1-11-17(6-7-18-19(11)20(24)27-21(25)26-18)12-8-14(23)10-16(9-12)28-15-4-2-13(22)3-5-15/h2-10H,1H3,(H4,24,25,26,27). The van der Waals surface area contributed by atoms with Crippen LogP contribution in [0.5, 0.6) is 11.5 Å². The number of ether oxygens (including phenoxy) is 1. The van der Waals surface area contributed by atoms with Gasteiger partial charge in [-0.3, -0.25) is 0 Å². The van der Waals surface area contributed by atoms with Crippen molar-refractivity contribution in [2.75, 3.05) is 11.5 Å². The van der Waals surface area contributed by atoms with Gasteiger partial charge in [0.1, 0.15) is 23.1 Å². The van der Waals surface area contributed by atoms with Crippen LogP contribution in [0.15, 0.2) is 54.6 Å². The summed E-state index contributed by atoms with van der Waals surface area (Å²) in [6, 6.07) is 15.0. The number of hydrogen-bond donors (Lipinski definition) is 2. The molecule has 0 aliphatic heterocycles. The summed E-state index contributed by atoms with van der Waals surface area (Å²) in [5.41, 5.74) is 14.6. The summed E-state index contributed by atoms with van der Waals surface area (Å²) in [4.78, 5) is 8.24. The smallest absolute Gasteiger partial charge is 0.222 e. The molecule has 0 spiro atoms. The average Bonchev–Trinajstić information content (AvgIpc) is 2.63. The van der Waals surface area contributed by atoms with E-state index in [1.165, 1.54) is 12.1 Å². The Balaban J connectivity index is 1.80. The molecule has 1 heterocycles. The molecule has 5 nitrogen and oxygen atoms in total. The minimum absolute atomic E-state index is 0.113. The van der Waals surface area contributed by atoms with Crippen molar-refractivity contribution in [2.24, 2.45) is 0 Å². The number of nitrogens with zero attached hydrogens (tertiary/aromatic N) is 2. The molecule has 0 saturated heterocycles. The number of hydrogen-bond acceptors (Lipinski definition) is 5. The van der Waals surface area contributed by atoms with Gasteiger partial charge in [0.2, 0.25) is 5.95 Å². The monoisotopic (exact) mass is 394 g/mol. The predicted molar refractivity (Wildman–Crippen MR) is 110 cm³/mol. The highest BCUT2D eigenvalue weighted by Crippen LogP contribution is 2.35. The summed E-state index contributed by atoms with van der Waals surface area (Å²) in [6.07, 6.45) is 0. The van der Waals surface area contributed by atoms with Gasteiger partial charge in [-0.15, -0.1) is 0 Å². The molecule has 4 aromatic rings. The van der Waals surface area contributed by atoms with Crippen molar-refractivity contribution in [1.29, 1.82) is 0 Å². The first kappa shape index (κ1) is 18.0. The van der Waals surface area contributed by atoms with Gasteiger partial charge in [-0.05, 0) is 66.1 Å². The number of benzene rings is 3. The van der Waals surface area contributed by atoms with Crippen LogP contribution < -0.4 is 16.2 Å². The Labute approximate surface area is 165 Å². The first-order valence-electron chi connectivity index (χ1n) is 8.47. The molecule has 3 aromatic carbocycles. The minimum atomic E-state index is -0.414. The van der Waals surface area contributed by atoms with Crippen molar-refractivity contribution in [3.05, 3.63) is 71.0 Å². The first-order valence-corrected chi connectivity index (χ1v) is 8.85. The Morgan fingerprint density at radius 2 is 1.68 bits per heavy atom. The zero-order valence-electron chi connectivity index (χ0n) is 14.9. The summed E-state index contributed by atoms with van der Waals surface area (Å²) in [5, 5.41) is 1.29. The van der Waals surface area contributed by atoms with E-state index in [1.807, 2.05) is 13.0 Å². The fourth-order valence-corrected chi connectivity index (χ4v) is 3.30. The van der Waals surface area contributed by atoms with Crippen molar-refractivity contribution >= 4 is 34.3 Å².